The standard InChI is InChI=1S/C11H20N4/c1-9-10(2)15(7-5-12-9)8-11-13-4-6-14(11)3/h4,6,9-10,12H,5,7-8H2,1-3H3. The molecule has 0 saturated carbocycles. The number of nitrogens with zero attached hydrogens (tertiary/aromatic N) is 3. The van der Waals surface area contributed by atoms with Crippen LogP contribution in [-0.4, -0.2) is 39.6 Å². The summed E-state index contributed by atoms with van der Waals surface area (Å²) in [4.78, 5) is 6.86. The molecule has 2 rings (SSSR count). The lowest BCUT2D eigenvalue weighted by Gasteiger charge is -2.38. The third-order valence-corrected chi connectivity index (χ3v) is 3.43. The zero-order valence-corrected chi connectivity index (χ0v) is 9.77. The molecule has 0 aromatic carbocycles. The number of rotatable bonds is 2. The van der Waals surface area contributed by atoms with Crippen LogP contribution in [0.4, 0.5) is 0 Å². The third-order valence-electron chi connectivity index (χ3n) is 3.43. The van der Waals surface area contributed by atoms with Crippen molar-refractivity contribution < 1.29 is 0 Å². The molecule has 4 heteroatoms. The molecule has 1 N–H and O–H groups in total. The highest BCUT2D eigenvalue weighted by Gasteiger charge is 2.24. The van der Waals surface area contributed by atoms with E-state index < -0.39 is 0 Å². The van der Waals surface area contributed by atoms with Crippen LogP contribution in [0.1, 0.15) is 19.7 Å². The van der Waals surface area contributed by atoms with Crippen molar-refractivity contribution in [2.24, 2.45) is 7.05 Å². The maximum atomic E-state index is 4.37. The molecule has 1 aliphatic heterocycles. The van der Waals surface area contributed by atoms with E-state index in [1.54, 1.807) is 0 Å². The predicted octanol–water partition coefficient (Wildman–Crippen LogP) is 0.602. The molecule has 0 aliphatic carbocycles. The van der Waals surface area contributed by atoms with Crippen molar-refractivity contribution in [2.45, 2.75) is 32.5 Å². The summed E-state index contributed by atoms with van der Waals surface area (Å²) >= 11 is 0. The van der Waals surface area contributed by atoms with Gasteiger partial charge in [0.25, 0.3) is 0 Å². The lowest BCUT2D eigenvalue weighted by molar-refractivity contribution is 0.126. The summed E-state index contributed by atoms with van der Waals surface area (Å²) in [5, 5.41) is 3.49. The van der Waals surface area contributed by atoms with Gasteiger partial charge in [0.1, 0.15) is 5.82 Å². The van der Waals surface area contributed by atoms with Gasteiger partial charge in [0, 0.05) is 44.6 Å². The number of hydrogen-bond donors (Lipinski definition) is 1. The first-order chi connectivity index (χ1) is 7.18. The summed E-state index contributed by atoms with van der Waals surface area (Å²) < 4.78 is 2.10. The van der Waals surface area contributed by atoms with E-state index in [9.17, 15) is 0 Å². The molecule has 2 heterocycles. The summed E-state index contributed by atoms with van der Waals surface area (Å²) in [6.45, 7) is 7.67. The highest BCUT2D eigenvalue weighted by molar-refractivity contribution is 4.94. The van der Waals surface area contributed by atoms with E-state index in [-0.39, 0.29) is 0 Å². The molecule has 0 bridgehead atoms. The summed E-state index contributed by atoms with van der Waals surface area (Å²) in [5.41, 5.74) is 0. The number of hydrogen-bond acceptors (Lipinski definition) is 3. The van der Waals surface area contributed by atoms with Gasteiger partial charge >= 0.3 is 0 Å². The Morgan fingerprint density at radius 1 is 1.53 bits per heavy atom. The maximum absolute atomic E-state index is 4.37. The summed E-state index contributed by atoms with van der Waals surface area (Å²) in [6.07, 6.45) is 3.87. The third kappa shape index (κ3) is 2.21. The van der Waals surface area contributed by atoms with E-state index >= 15 is 0 Å². The molecule has 0 amide bonds. The van der Waals surface area contributed by atoms with Crippen LogP contribution in [-0.2, 0) is 13.6 Å². The molecule has 84 valence electrons. The Kier molecular flexibility index (Phi) is 3.07. The molecule has 2 unspecified atom stereocenters. The van der Waals surface area contributed by atoms with Gasteiger partial charge in [-0.1, -0.05) is 0 Å². The maximum Gasteiger partial charge on any atom is 0.122 e. The molecular formula is C11H20N4. The molecular weight excluding hydrogens is 188 g/mol. The second kappa shape index (κ2) is 4.33. The van der Waals surface area contributed by atoms with Gasteiger partial charge in [-0.25, -0.2) is 4.98 Å². The Labute approximate surface area is 91.3 Å². The van der Waals surface area contributed by atoms with Gasteiger partial charge in [0.2, 0.25) is 0 Å². The van der Waals surface area contributed by atoms with Gasteiger partial charge in [-0.15, -0.1) is 0 Å². The normalized spacial score (nSPS) is 28.2. The number of imidazole rings is 1. The molecule has 0 radical (unpaired) electrons. The lowest BCUT2D eigenvalue weighted by Crippen LogP contribution is -2.54. The molecule has 2 atom stereocenters. The number of aryl methyl sites for hydroxylation is 1. The molecule has 0 spiro atoms. The second-order valence-electron chi connectivity index (χ2n) is 4.41. The van der Waals surface area contributed by atoms with E-state index in [1.807, 2.05) is 12.4 Å². The molecule has 1 aliphatic rings. The summed E-state index contributed by atoms with van der Waals surface area (Å²) in [5.74, 6) is 1.15. The highest BCUT2D eigenvalue weighted by Crippen LogP contribution is 2.12. The lowest BCUT2D eigenvalue weighted by atomic mass is 10.1. The Morgan fingerprint density at radius 2 is 2.33 bits per heavy atom. The first-order valence-electron chi connectivity index (χ1n) is 5.62. The molecule has 1 aromatic rings. The fraction of sp³-hybridized carbons (Fsp3) is 0.727. The number of aromatic nitrogens is 2. The minimum absolute atomic E-state index is 0.569. The van der Waals surface area contributed by atoms with Crippen molar-refractivity contribution in [3.05, 3.63) is 18.2 Å². The van der Waals surface area contributed by atoms with Gasteiger partial charge < -0.3 is 9.88 Å². The monoisotopic (exact) mass is 208 g/mol. The first-order valence-corrected chi connectivity index (χ1v) is 5.62. The predicted molar refractivity (Wildman–Crippen MR) is 60.5 cm³/mol. The van der Waals surface area contributed by atoms with Gasteiger partial charge in [0.05, 0.1) is 6.54 Å². The van der Waals surface area contributed by atoms with Crippen molar-refractivity contribution in [1.82, 2.24) is 19.8 Å². The van der Waals surface area contributed by atoms with Crippen LogP contribution < -0.4 is 5.32 Å². The van der Waals surface area contributed by atoms with E-state index in [2.05, 4.69) is 40.7 Å². The van der Waals surface area contributed by atoms with Gasteiger partial charge in [0.15, 0.2) is 0 Å². The Hall–Kier alpha value is -0.870. The minimum Gasteiger partial charge on any atom is -0.337 e. The van der Waals surface area contributed by atoms with Crippen LogP contribution >= 0.6 is 0 Å². The van der Waals surface area contributed by atoms with Crippen molar-refractivity contribution in [2.75, 3.05) is 13.1 Å². The van der Waals surface area contributed by atoms with Crippen LogP contribution in [0.2, 0.25) is 0 Å². The SMILES string of the molecule is CC1NCCN(Cc2nccn2C)C1C. The van der Waals surface area contributed by atoms with Crippen molar-refractivity contribution in [3.63, 3.8) is 0 Å². The average molecular weight is 208 g/mol. The summed E-state index contributed by atoms with van der Waals surface area (Å²) in [6, 6.07) is 1.15. The molecule has 1 fully saturated rings. The van der Waals surface area contributed by atoms with Crippen molar-refractivity contribution >= 4 is 0 Å². The number of nitrogens with one attached hydrogen (secondary N) is 1. The Balaban J connectivity index is 2.02. The second-order valence-corrected chi connectivity index (χ2v) is 4.41. The van der Waals surface area contributed by atoms with Crippen LogP contribution in [0.25, 0.3) is 0 Å². The van der Waals surface area contributed by atoms with E-state index in [1.165, 1.54) is 0 Å². The van der Waals surface area contributed by atoms with Crippen molar-refractivity contribution in [1.29, 1.82) is 0 Å². The molecule has 15 heavy (non-hydrogen) atoms. The quantitative estimate of drug-likeness (QED) is 0.772. The Bertz CT molecular complexity index is 320. The molecule has 1 aromatic heterocycles. The van der Waals surface area contributed by atoms with E-state index in [0.29, 0.717) is 12.1 Å². The topological polar surface area (TPSA) is 33.1 Å². The largest absolute Gasteiger partial charge is 0.337 e. The highest BCUT2D eigenvalue weighted by atomic mass is 15.2. The number of piperazine rings is 1. The van der Waals surface area contributed by atoms with Gasteiger partial charge in [-0.2, -0.15) is 0 Å². The van der Waals surface area contributed by atoms with Crippen molar-refractivity contribution in [3.8, 4) is 0 Å². The van der Waals surface area contributed by atoms with Crippen LogP contribution in [0.5, 0.6) is 0 Å². The van der Waals surface area contributed by atoms with Crippen LogP contribution in [0.15, 0.2) is 12.4 Å². The van der Waals surface area contributed by atoms with Gasteiger partial charge in [-0.3, -0.25) is 4.90 Å². The minimum atomic E-state index is 0.569. The Morgan fingerprint density at radius 3 is 3.00 bits per heavy atom. The first kappa shape index (κ1) is 10.6. The van der Waals surface area contributed by atoms with Gasteiger partial charge in [-0.05, 0) is 13.8 Å². The zero-order valence-electron chi connectivity index (χ0n) is 9.77. The fourth-order valence-corrected chi connectivity index (χ4v) is 2.08. The smallest absolute Gasteiger partial charge is 0.122 e. The molecule has 1 saturated heterocycles. The van der Waals surface area contributed by atoms with Crippen LogP contribution in [0, 0.1) is 0 Å². The molecule has 4 nitrogen and oxygen atoms in total. The fourth-order valence-electron chi connectivity index (χ4n) is 2.08. The average Bonchev–Trinajstić information content (AvgIpc) is 2.60. The van der Waals surface area contributed by atoms with Crippen LogP contribution in [0.3, 0.4) is 0 Å². The van der Waals surface area contributed by atoms with E-state index in [4.69, 9.17) is 0 Å². The summed E-state index contributed by atoms with van der Waals surface area (Å²) in [7, 11) is 2.05. The van der Waals surface area contributed by atoms with E-state index in [0.717, 1.165) is 25.5 Å². The zero-order chi connectivity index (χ0) is 10.8.